The zero-order valence-electron chi connectivity index (χ0n) is 20.6. The number of nitriles is 1. The van der Waals surface area contributed by atoms with Crippen LogP contribution in [-0.4, -0.2) is 43.1 Å². The van der Waals surface area contributed by atoms with Gasteiger partial charge in [-0.2, -0.15) is 5.26 Å². The molecule has 1 saturated heterocycles. The van der Waals surface area contributed by atoms with Crippen LogP contribution in [0.2, 0.25) is 5.02 Å². The van der Waals surface area contributed by atoms with Crippen LogP contribution in [-0.2, 0) is 18.5 Å². The molecule has 0 saturated carbocycles. The second kappa shape index (κ2) is 11.3. The molecule has 188 valence electrons. The van der Waals surface area contributed by atoms with Gasteiger partial charge in [-0.25, -0.2) is 4.98 Å². The first kappa shape index (κ1) is 26.0. The van der Waals surface area contributed by atoms with Crippen LogP contribution in [0.15, 0.2) is 42.6 Å². The van der Waals surface area contributed by atoms with E-state index < -0.39 is 5.41 Å². The van der Waals surface area contributed by atoms with Gasteiger partial charge < -0.3 is 14.8 Å². The number of piperidine rings is 1. The number of methoxy groups -OCH3 is 2. The first-order valence-electron chi connectivity index (χ1n) is 11.7. The Bertz CT molecular complexity index is 1280. The molecule has 0 spiro atoms. The second-order valence-electron chi connectivity index (χ2n) is 8.89. The normalized spacial score (nSPS) is 15.2. The molecule has 1 aromatic heterocycles. The molecule has 2 heterocycles. The Morgan fingerprint density at radius 3 is 2.67 bits per heavy atom. The molecule has 1 N–H and O–H groups in total. The number of aromatic nitrogens is 1. The third-order valence-electron chi connectivity index (χ3n) is 6.68. The summed E-state index contributed by atoms with van der Waals surface area (Å²) in [5, 5.41) is 14.4. The number of thiazole rings is 1. The van der Waals surface area contributed by atoms with E-state index in [1.807, 2.05) is 25.1 Å². The van der Waals surface area contributed by atoms with Crippen LogP contribution in [0.3, 0.4) is 0 Å². The lowest BCUT2D eigenvalue weighted by Gasteiger charge is -2.36. The fourth-order valence-electron chi connectivity index (χ4n) is 4.43. The van der Waals surface area contributed by atoms with Crippen molar-refractivity contribution in [1.82, 2.24) is 15.2 Å². The highest BCUT2D eigenvalue weighted by atomic mass is 35.5. The van der Waals surface area contributed by atoms with Gasteiger partial charge in [-0.15, -0.1) is 11.3 Å². The van der Waals surface area contributed by atoms with Crippen LogP contribution in [0, 0.1) is 18.3 Å². The standard InChI is InChI=1S/C27H29ClN4O3S/c1-18-21(5-4-6-22(18)28)25(33)30-14-20-15-31-26(36-20)27(17-29)9-11-32(12-10-27)16-19-7-8-23(34-2)24(13-19)35-3/h4-8,13,15H,9-12,14,16H2,1-3H3,(H,30,33). The van der Waals surface area contributed by atoms with E-state index in [-0.39, 0.29) is 5.91 Å². The molecule has 0 unspecified atom stereocenters. The van der Waals surface area contributed by atoms with Gasteiger partial charge in [-0.05, 0) is 55.2 Å². The van der Waals surface area contributed by atoms with Gasteiger partial charge in [0.2, 0.25) is 0 Å². The highest BCUT2D eigenvalue weighted by molar-refractivity contribution is 7.11. The highest BCUT2D eigenvalue weighted by Crippen LogP contribution is 2.38. The van der Waals surface area contributed by atoms with Crippen molar-refractivity contribution in [1.29, 1.82) is 5.26 Å². The summed E-state index contributed by atoms with van der Waals surface area (Å²) in [5.74, 6) is 1.25. The van der Waals surface area contributed by atoms with Gasteiger partial charge in [-0.1, -0.05) is 23.7 Å². The van der Waals surface area contributed by atoms with E-state index in [1.165, 1.54) is 11.3 Å². The topological polar surface area (TPSA) is 87.5 Å². The van der Waals surface area contributed by atoms with E-state index in [4.69, 9.17) is 21.1 Å². The van der Waals surface area contributed by atoms with Crippen LogP contribution in [0.4, 0.5) is 0 Å². The molecule has 0 aliphatic carbocycles. The van der Waals surface area contributed by atoms with Crippen molar-refractivity contribution in [2.75, 3.05) is 27.3 Å². The Morgan fingerprint density at radius 1 is 1.22 bits per heavy atom. The summed E-state index contributed by atoms with van der Waals surface area (Å²) in [6.07, 6.45) is 3.18. The van der Waals surface area contributed by atoms with Crippen molar-refractivity contribution < 1.29 is 14.3 Å². The number of hydrogen-bond donors (Lipinski definition) is 1. The second-order valence-corrected chi connectivity index (χ2v) is 10.4. The number of carbonyl (C=O) groups is 1. The number of hydrogen-bond acceptors (Lipinski definition) is 7. The Kier molecular flexibility index (Phi) is 8.14. The van der Waals surface area contributed by atoms with Crippen molar-refractivity contribution in [3.63, 3.8) is 0 Å². The smallest absolute Gasteiger partial charge is 0.251 e. The van der Waals surface area contributed by atoms with Gasteiger partial charge in [0.05, 0.1) is 26.8 Å². The third kappa shape index (κ3) is 5.49. The van der Waals surface area contributed by atoms with E-state index in [1.54, 1.807) is 38.6 Å². The number of likely N-dealkylation sites (tertiary alicyclic amines) is 1. The van der Waals surface area contributed by atoms with E-state index in [2.05, 4.69) is 21.3 Å². The Labute approximate surface area is 220 Å². The van der Waals surface area contributed by atoms with Crippen molar-refractivity contribution in [2.45, 2.75) is 38.3 Å². The molecule has 3 aromatic rings. The molecule has 0 radical (unpaired) electrons. The predicted molar refractivity (Wildman–Crippen MR) is 141 cm³/mol. The molecule has 0 bridgehead atoms. The Morgan fingerprint density at radius 2 is 1.97 bits per heavy atom. The van der Waals surface area contributed by atoms with E-state index in [0.29, 0.717) is 41.5 Å². The molecule has 1 fully saturated rings. The number of halogens is 1. The number of benzene rings is 2. The van der Waals surface area contributed by atoms with Crippen molar-refractivity contribution in [3.05, 3.63) is 74.2 Å². The minimum atomic E-state index is -0.607. The Hall–Kier alpha value is -3.12. The van der Waals surface area contributed by atoms with E-state index >= 15 is 0 Å². The summed E-state index contributed by atoms with van der Waals surface area (Å²) in [6, 6.07) is 13.8. The predicted octanol–water partition coefficient (Wildman–Crippen LogP) is 5.11. The van der Waals surface area contributed by atoms with Gasteiger partial charge in [0, 0.05) is 41.3 Å². The van der Waals surface area contributed by atoms with Crippen molar-refractivity contribution in [3.8, 4) is 17.6 Å². The molecular weight excluding hydrogens is 496 g/mol. The molecule has 36 heavy (non-hydrogen) atoms. The molecule has 2 aromatic carbocycles. The number of nitrogens with zero attached hydrogens (tertiary/aromatic N) is 3. The molecular formula is C27H29ClN4O3S. The molecule has 1 aliphatic rings. The lowest BCUT2D eigenvalue weighted by molar-refractivity contribution is 0.0950. The van der Waals surface area contributed by atoms with Gasteiger partial charge in [-0.3, -0.25) is 9.69 Å². The first-order valence-corrected chi connectivity index (χ1v) is 12.9. The molecule has 4 rings (SSSR count). The summed E-state index contributed by atoms with van der Waals surface area (Å²) < 4.78 is 10.7. The van der Waals surface area contributed by atoms with Crippen LogP contribution in [0.1, 0.15) is 44.2 Å². The zero-order chi connectivity index (χ0) is 25.7. The number of nitrogens with one attached hydrogen (secondary N) is 1. The SMILES string of the molecule is COc1ccc(CN2CCC(C#N)(c3ncc(CNC(=O)c4cccc(Cl)c4C)s3)CC2)cc1OC. The highest BCUT2D eigenvalue weighted by Gasteiger charge is 2.39. The minimum absolute atomic E-state index is 0.177. The number of rotatable bonds is 8. The van der Waals surface area contributed by atoms with Gasteiger partial charge in [0.25, 0.3) is 5.91 Å². The van der Waals surface area contributed by atoms with E-state index in [0.717, 1.165) is 40.6 Å². The average Bonchev–Trinajstić information content (AvgIpc) is 3.39. The average molecular weight is 525 g/mol. The minimum Gasteiger partial charge on any atom is -0.493 e. The third-order valence-corrected chi connectivity index (χ3v) is 8.29. The summed E-state index contributed by atoms with van der Waals surface area (Å²) >= 11 is 7.64. The fraction of sp³-hybridized carbons (Fsp3) is 0.370. The maximum absolute atomic E-state index is 12.6. The van der Waals surface area contributed by atoms with Crippen LogP contribution in [0.25, 0.3) is 0 Å². The van der Waals surface area contributed by atoms with Gasteiger partial charge in [0.15, 0.2) is 11.5 Å². The number of ether oxygens (including phenoxy) is 2. The molecule has 0 atom stereocenters. The first-order chi connectivity index (χ1) is 17.4. The zero-order valence-corrected chi connectivity index (χ0v) is 22.2. The maximum atomic E-state index is 12.6. The van der Waals surface area contributed by atoms with Crippen LogP contribution < -0.4 is 14.8 Å². The summed E-state index contributed by atoms with van der Waals surface area (Å²) in [7, 11) is 3.26. The lowest BCUT2D eigenvalue weighted by atomic mass is 9.80. The van der Waals surface area contributed by atoms with Crippen LogP contribution in [0.5, 0.6) is 11.5 Å². The summed E-state index contributed by atoms with van der Waals surface area (Å²) in [4.78, 5) is 20.5. The van der Waals surface area contributed by atoms with Crippen molar-refractivity contribution in [2.24, 2.45) is 0 Å². The molecule has 1 amide bonds. The summed E-state index contributed by atoms with van der Waals surface area (Å²) in [5.41, 5.74) is 1.84. The summed E-state index contributed by atoms with van der Waals surface area (Å²) in [6.45, 7) is 4.55. The maximum Gasteiger partial charge on any atom is 0.251 e. The largest absolute Gasteiger partial charge is 0.493 e. The van der Waals surface area contributed by atoms with Gasteiger partial charge >= 0.3 is 0 Å². The fourth-order valence-corrected chi connectivity index (χ4v) is 5.65. The molecule has 9 heteroatoms. The van der Waals surface area contributed by atoms with Crippen molar-refractivity contribution >= 4 is 28.8 Å². The lowest BCUT2D eigenvalue weighted by Crippen LogP contribution is -2.41. The van der Waals surface area contributed by atoms with Crippen LogP contribution >= 0.6 is 22.9 Å². The number of carbonyl (C=O) groups excluding carboxylic acids is 1. The molecule has 1 aliphatic heterocycles. The monoisotopic (exact) mass is 524 g/mol. The Balaban J connectivity index is 1.37. The molecule has 7 nitrogen and oxygen atoms in total. The van der Waals surface area contributed by atoms with E-state index in [9.17, 15) is 10.1 Å². The van der Waals surface area contributed by atoms with Gasteiger partial charge in [0.1, 0.15) is 10.4 Å². The quantitative estimate of drug-likeness (QED) is 0.440. The number of amides is 1.